The minimum Gasteiger partial charge on any atom is -0.425 e. The molecular formula is C21H25F3N4O3. The maximum Gasteiger partial charge on any atom is 0.298 e. The first-order chi connectivity index (χ1) is 14.9. The average molecular weight is 438 g/mol. The van der Waals surface area contributed by atoms with E-state index in [0.717, 1.165) is 32.0 Å². The number of hydrogen-bond acceptors (Lipinski definition) is 6. The molecule has 4 rings (SSSR count). The van der Waals surface area contributed by atoms with Crippen molar-refractivity contribution in [3.8, 4) is 0 Å². The van der Waals surface area contributed by atoms with E-state index in [2.05, 4.69) is 15.6 Å². The van der Waals surface area contributed by atoms with E-state index in [0.29, 0.717) is 12.4 Å². The number of ether oxygens (including phenoxy) is 1. The number of amides is 1. The summed E-state index contributed by atoms with van der Waals surface area (Å²) in [6, 6.07) is 3.14. The molecule has 10 heteroatoms. The van der Waals surface area contributed by atoms with Crippen LogP contribution in [0.15, 0.2) is 22.6 Å². The van der Waals surface area contributed by atoms with Gasteiger partial charge in [0.15, 0.2) is 11.5 Å². The fourth-order valence-corrected chi connectivity index (χ4v) is 3.98. The molecule has 0 bridgehead atoms. The van der Waals surface area contributed by atoms with Crippen LogP contribution in [0.5, 0.6) is 0 Å². The first kappa shape index (κ1) is 21.5. The van der Waals surface area contributed by atoms with Crippen molar-refractivity contribution >= 4 is 23.3 Å². The minimum atomic E-state index is -2.86. The van der Waals surface area contributed by atoms with Gasteiger partial charge in [0.1, 0.15) is 12.4 Å². The largest absolute Gasteiger partial charge is 0.425 e. The molecule has 2 aromatic rings. The molecule has 1 unspecified atom stereocenters. The molecule has 31 heavy (non-hydrogen) atoms. The first-order valence-electron chi connectivity index (χ1n) is 10.4. The minimum absolute atomic E-state index is 0.0256. The van der Waals surface area contributed by atoms with Gasteiger partial charge in [0.05, 0.1) is 11.7 Å². The number of nitrogens with one attached hydrogen (secondary N) is 2. The lowest BCUT2D eigenvalue weighted by atomic mass is 10.1. The van der Waals surface area contributed by atoms with Crippen molar-refractivity contribution in [1.82, 2.24) is 4.98 Å². The Hall–Kier alpha value is -2.75. The molecule has 0 radical (unpaired) electrons. The third kappa shape index (κ3) is 4.63. The summed E-state index contributed by atoms with van der Waals surface area (Å²) < 4.78 is 52.9. The van der Waals surface area contributed by atoms with Crippen LogP contribution in [0.4, 0.5) is 30.6 Å². The van der Waals surface area contributed by atoms with Gasteiger partial charge in [-0.15, -0.1) is 0 Å². The number of carbonyl (C=O) groups excluding carboxylic acids is 1. The van der Waals surface area contributed by atoms with Crippen molar-refractivity contribution in [1.29, 1.82) is 0 Å². The number of anilines is 3. The van der Waals surface area contributed by atoms with Crippen molar-refractivity contribution in [2.75, 3.05) is 35.7 Å². The summed E-state index contributed by atoms with van der Waals surface area (Å²) in [6.07, 6.45) is 2.51. The zero-order chi connectivity index (χ0) is 22.0. The van der Waals surface area contributed by atoms with E-state index in [1.165, 1.54) is 19.2 Å². The lowest BCUT2D eigenvalue weighted by molar-refractivity contribution is -0.000655. The third-order valence-corrected chi connectivity index (χ3v) is 5.62. The van der Waals surface area contributed by atoms with Gasteiger partial charge in [-0.1, -0.05) is 0 Å². The number of methoxy groups -OCH3 is 1. The molecule has 1 atom stereocenters. The zero-order valence-electron chi connectivity index (χ0n) is 17.2. The van der Waals surface area contributed by atoms with Crippen LogP contribution in [-0.4, -0.2) is 43.1 Å². The standard InChI is InChI=1S/C21H25F3N4O3/c1-30-12-16-18(27-20(31-16)28-9-2-3-10-28)19(29)25-13-6-7-15(14(22)11-13)26-17-5-4-8-21(17,23)24/h6-7,11,17,26H,2-5,8-10,12H2,1H3,(H,25,29). The normalized spacial score (nSPS) is 20.3. The van der Waals surface area contributed by atoms with Gasteiger partial charge in [-0.3, -0.25) is 4.79 Å². The van der Waals surface area contributed by atoms with Gasteiger partial charge in [0, 0.05) is 32.3 Å². The molecule has 1 aliphatic carbocycles. The number of benzene rings is 1. The molecule has 0 spiro atoms. The topological polar surface area (TPSA) is 79.6 Å². The number of aromatic nitrogens is 1. The molecule has 2 heterocycles. The highest BCUT2D eigenvalue weighted by Gasteiger charge is 2.44. The molecule has 2 aliphatic rings. The summed E-state index contributed by atoms with van der Waals surface area (Å²) >= 11 is 0. The third-order valence-electron chi connectivity index (χ3n) is 5.62. The van der Waals surface area contributed by atoms with Crippen LogP contribution < -0.4 is 15.5 Å². The summed E-state index contributed by atoms with van der Waals surface area (Å²) in [6.45, 7) is 1.66. The molecule has 2 N–H and O–H groups in total. The maximum atomic E-state index is 14.5. The van der Waals surface area contributed by atoms with Crippen LogP contribution in [0.25, 0.3) is 0 Å². The predicted molar refractivity (Wildman–Crippen MR) is 109 cm³/mol. The van der Waals surface area contributed by atoms with E-state index in [4.69, 9.17) is 9.15 Å². The van der Waals surface area contributed by atoms with E-state index in [1.54, 1.807) is 0 Å². The number of alkyl halides is 2. The van der Waals surface area contributed by atoms with Crippen molar-refractivity contribution in [2.45, 2.75) is 50.7 Å². The fraction of sp³-hybridized carbons (Fsp3) is 0.524. The Labute approximate surface area is 178 Å². The number of oxazole rings is 1. The van der Waals surface area contributed by atoms with Crippen molar-refractivity contribution < 1.29 is 27.1 Å². The molecule has 1 aliphatic heterocycles. The second-order valence-corrected chi connectivity index (χ2v) is 7.89. The Balaban J connectivity index is 1.47. The molecule has 1 saturated heterocycles. The number of rotatable bonds is 7. The highest BCUT2D eigenvalue weighted by molar-refractivity contribution is 6.03. The van der Waals surface area contributed by atoms with Gasteiger partial charge < -0.3 is 24.7 Å². The molecule has 1 saturated carbocycles. The number of halogens is 3. The number of carbonyl (C=O) groups is 1. The van der Waals surface area contributed by atoms with E-state index in [9.17, 15) is 18.0 Å². The molecule has 168 valence electrons. The van der Waals surface area contributed by atoms with Gasteiger partial charge >= 0.3 is 0 Å². The lowest BCUT2D eigenvalue weighted by Crippen LogP contribution is -2.34. The Bertz CT molecular complexity index is 944. The molecular weight excluding hydrogens is 413 g/mol. The van der Waals surface area contributed by atoms with Crippen LogP contribution in [0.2, 0.25) is 0 Å². The molecule has 2 fully saturated rings. The second kappa shape index (κ2) is 8.78. The average Bonchev–Trinajstić information content (AvgIpc) is 3.44. The zero-order valence-corrected chi connectivity index (χ0v) is 17.2. The summed E-state index contributed by atoms with van der Waals surface area (Å²) in [5.74, 6) is -3.87. The highest BCUT2D eigenvalue weighted by atomic mass is 19.3. The number of hydrogen-bond donors (Lipinski definition) is 2. The van der Waals surface area contributed by atoms with Crippen LogP contribution in [0, 0.1) is 5.82 Å². The Morgan fingerprint density at radius 3 is 2.74 bits per heavy atom. The monoisotopic (exact) mass is 438 g/mol. The van der Waals surface area contributed by atoms with E-state index in [1.807, 2.05) is 4.90 Å². The van der Waals surface area contributed by atoms with Crippen molar-refractivity contribution in [3.63, 3.8) is 0 Å². The van der Waals surface area contributed by atoms with Gasteiger partial charge in [0.2, 0.25) is 0 Å². The van der Waals surface area contributed by atoms with Crippen LogP contribution in [0.1, 0.15) is 48.4 Å². The van der Waals surface area contributed by atoms with Crippen LogP contribution in [0.3, 0.4) is 0 Å². The second-order valence-electron chi connectivity index (χ2n) is 7.89. The van der Waals surface area contributed by atoms with Crippen LogP contribution >= 0.6 is 0 Å². The fourth-order valence-electron chi connectivity index (χ4n) is 3.98. The summed E-state index contributed by atoms with van der Waals surface area (Å²) in [5.41, 5.74) is 0.222. The highest BCUT2D eigenvalue weighted by Crippen LogP contribution is 2.37. The number of nitrogens with zero attached hydrogens (tertiary/aromatic N) is 2. The van der Waals surface area contributed by atoms with Gasteiger partial charge in [-0.2, -0.15) is 4.98 Å². The van der Waals surface area contributed by atoms with Gasteiger partial charge in [0.25, 0.3) is 17.8 Å². The summed E-state index contributed by atoms with van der Waals surface area (Å²) in [4.78, 5) is 19.0. The van der Waals surface area contributed by atoms with Gasteiger partial charge in [-0.05, 0) is 43.9 Å². The first-order valence-corrected chi connectivity index (χ1v) is 10.4. The van der Waals surface area contributed by atoms with Crippen molar-refractivity contribution in [3.05, 3.63) is 35.5 Å². The van der Waals surface area contributed by atoms with Crippen molar-refractivity contribution in [2.24, 2.45) is 0 Å². The molecule has 7 nitrogen and oxygen atoms in total. The predicted octanol–water partition coefficient (Wildman–Crippen LogP) is 4.41. The lowest BCUT2D eigenvalue weighted by Gasteiger charge is -2.21. The van der Waals surface area contributed by atoms with E-state index < -0.39 is 23.7 Å². The Kier molecular flexibility index (Phi) is 6.08. The molecule has 1 aromatic carbocycles. The van der Waals surface area contributed by atoms with Gasteiger partial charge in [-0.25, -0.2) is 13.2 Å². The van der Waals surface area contributed by atoms with E-state index in [-0.39, 0.29) is 42.3 Å². The Morgan fingerprint density at radius 2 is 2.10 bits per heavy atom. The Morgan fingerprint density at radius 1 is 1.32 bits per heavy atom. The maximum absolute atomic E-state index is 14.5. The van der Waals surface area contributed by atoms with Crippen LogP contribution in [-0.2, 0) is 11.3 Å². The quantitative estimate of drug-likeness (QED) is 0.667. The van der Waals surface area contributed by atoms with E-state index >= 15 is 0 Å². The summed E-state index contributed by atoms with van der Waals surface area (Å²) in [5, 5.41) is 5.17. The molecule has 1 aromatic heterocycles. The SMILES string of the molecule is COCc1oc(N2CCCC2)nc1C(=O)Nc1ccc(NC2CCCC2(F)F)c(F)c1. The summed E-state index contributed by atoms with van der Waals surface area (Å²) in [7, 11) is 1.48. The smallest absolute Gasteiger partial charge is 0.298 e. The molecule has 1 amide bonds.